The van der Waals surface area contributed by atoms with Gasteiger partial charge in [0.2, 0.25) is 0 Å². The van der Waals surface area contributed by atoms with Crippen molar-refractivity contribution < 1.29 is 14.7 Å². The fourth-order valence-corrected chi connectivity index (χ4v) is 3.27. The summed E-state index contributed by atoms with van der Waals surface area (Å²) in [6, 6.07) is 5.18. The Morgan fingerprint density at radius 1 is 1.39 bits per heavy atom. The zero-order valence-corrected chi connectivity index (χ0v) is 13.4. The third kappa shape index (κ3) is 3.50. The van der Waals surface area contributed by atoms with Crippen LogP contribution in [0, 0.1) is 12.8 Å². The molecule has 0 bridgehead atoms. The normalized spacial score (nSPS) is 19.7. The van der Waals surface area contributed by atoms with E-state index in [0.29, 0.717) is 18.5 Å². The highest BCUT2D eigenvalue weighted by atomic mass is 32.1. The van der Waals surface area contributed by atoms with Crippen molar-refractivity contribution in [2.75, 3.05) is 5.32 Å². The number of carboxylic acid groups (broad SMARTS) is 1. The number of urea groups is 1. The third-order valence-corrected chi connectivity index (χ3v) is 4.74. The molecule has 2 aromatic rings. The van der Waals surface area contributed by atoms with Gasteiger partial charge in [0.15, 0.2) is 0 Å². The van der Waals surface area contributed by atoms with Crippen LogP contribution in [0.3, 0.4) is 0 Å². The highest BCUT2D eigenvalue weighted by Crippen LogP contribution is 2.30. The van der Waals surface area contributed by atoms with E-state index < -0.39 is 5.97 Å². The lowest BCUT2D eigenvalue weighted by Crippen LogP contribution is -2.48. The van der Waals surface area contributed by atoms with Crippen LogP contribution < -0.4 is 10.6 Å². The number of anilines is 1. The van der Waals surface area contributed by atoms with Crippen LogP contribution in [0.4, 0.5) is 10.5 Å². The fraction of sp³-hybridized carbons (Fsp3) is 0.312. The van der Waals surface area contributed by atoms with Crippen LogP contribution in [0.25, 0.3) is 11.3 Å². The van der Waals surface area contributed by atoms with Crippen LogP contribution in [0.2, 0.25) is 0 Å². The van der Waals surface area contributed by atoms with E-state index in [-0.39, 0.29) is 18.0 Å². The molecule has 0 saturated heterocycles. The van der Waals surface area contributed by atoms with Crippen LogP contribution in [0.1, 0.15) is 17.7 Å². The monoisotopic (exact) mass is 331 g/mol. The van der Waals surface area contributed by atoms with E-state index in [4.69, 9.17) is 5.11 Å². The Morgan fingerprint density at radius 2 is 2.17 bits per heavy atom. The molecule has 120 valence electrons. The summed E-state index contributed by atoms with van der Waals surface area (Å²) in [5.41, 5.74) is 2.33. The van der Waals surface area contributed by atoms with Gasteiger partial charge in [0.05, 0.1) is 17.3 Å². The SMILES string of the molecule is Cc1cc(-c2ncccc2NC(=O)NC2CC(C(=O)O)C2)cs1. The molecule has 1 aliphatic carbocycles. The molecular weight excluding hydrogens is 314 g/mol. The summed E-state index contributed by atoms with van der Waals surface area (Å²) in [4.78, 5) is 28.4. The minimum atomic E-state index is -0.800. The zero-order chi connectivity index (χ0) is 16.4. The first-order chi connectivity index (χ1) is 11.0. The molecule has 3 N–H and O–H groups in total. The van der Waals surface area contributed by atoms with E-state index in [1.54, 1.807) is 29.7 Å². The molecular formula is C16H17N3O3S. The number of aromatic nitrogens is 1. The molecule has 6 nitrogen and oxygen atoms in total. The summed E-state index contributed by atoms with van der Waals surface area (Å²) < 4.78 is 0. The number of carboxylic acids is 1. The third-order valence-electron chi connectivity index (χ3n) is 3.88. The first-order valence-electron chi connectivity index (χ1n) is 7.34. The molecule has 1 aliphatic rings. The van der Waals surface area contributed by atoms with Crippen LogP contribution in [-0.4, -0.2) is 28.1 Å². The number of amides is 2. The van der Waals surface area contributed by atoms with Crippen molar-refractivity contribution in [3.63, 3.8) is 0 Å². The number of thiophene rings is 1. The van der Waals surface area contributed by atoms with E-state index in [1.165, 1.54) is 4.88 Å². The van der Waals surface area contributed by atoms with Crippen molar-refractivity contribution >= 4 is 29.0 Å². The van der Waals surface area contributed by atoms with Crippen molar-refractivity contribution in [3.05, 3.63) is 34.7 Å². The Bertz CT molecular complexity index is 738. The van der Waals surface area contributed by atoms with Gasteiger partial charge in [-0.2, -0.15) is 0 Å². The maximum atomic E-state index is 12.1. The molecule has 2 aromatic heterocycles. The van der Waals surface area contributed by atoms with E-state index >= 15 is 0 Å². The van der Waals surface area contributed by atoms with E-state index in [2.05, 4.69) is 15.6 Å². The van der Waals surface area contributed by atoms with Gasteiger partial charge in [0, 0.05) is 28.1 Å². The number of carbonyl (C=O) groups is 2. The minimum Gasteiger partial charge on any atom is -0.481 e. The number of aliphatic carboxylic acids is 1. The largest absolute Gasteiger partial charge is 0.481 e. The number of rotatable bonds is 4. The molecule has 0 atom stereocenters. The quantitative estimate of drug-likeness (QED) is 0.803. The number of pyridine rings is 1. The Balaban J connectivity index is 1.64. The maximum Gasteiger partial charge on any atom is 0.319 e. The predicted octanol–water partition coefficient (Wildman–Crippen LogP) is 3.10. The second-order valence-corrected chi connectivity index (χ2v) is 6.76. The molecule has 23 heavy (non-hydrogen) atoms. The number of aryl methyl sites for hydroxylation is 1. The average molecular weight is 331 g/mol. The molecule has 0 aromatic carbocycles. The summed E-state index contributed by atoms with van der Waals surface area (Å²) >= 11 is 1.63. The minimum absolute atomic E-state index is 0.0837. The lowest BCUT2D eigenvalue weighted by atomic mass is 9.80. The molecule has 0 radical (unpaired) electrons. The van der Waals surface area contributed by atoms with Crippen LogP contribution in [-0.2, 0) is 4.79 Å². The number of hydrogen-bond donors (Lipinski definition) is 3. The summed E-state index contributed by atoms with van der Waals surface area (Å²) in [5.74, 6) is -1.14. The summed E-state index contributed by atoms with van der Waals surface area (Å²) in [6.45, 7) is 2.02. The van der Waals surface area contributed by atoms with Gasteiger partial charge in [-0.3, -0.25) is 9.78 Å². The first kappa shape index (κ1) is 15.5. The topological polar surface area (TPSA) is 91.3 Å². The standard InChI is InChI=1S/C16H17N3O3S/c1-9-5-11(8-23-9)14-13(3-2-4-17-14)19-16(22)18-12-6-10(7-12)15(20)21/h2-5,8,10,12H,6-7H2,1H3,(H,20,21)(H2,18,19,22). The second-order valence-electron chi connectivity index (χ2n) is 5.65. The first-order valence-corrected chi connectivity index (χ1v) is 8.21. The van der Waals surface area contributed by atoms with Crippen molar-refractivity contribution in [1.82, 2.24) is 10.3 Å². The van der Waals surface area contributed by atoms with E-state index in [9.17, 15) is 9.59 Å². The number of nitrogens with zero attached hydrogens (tertiary/aromatic N) is 1. The van der Waals surface area contributed by atoms with Crippen molar-refractivity contribution in [2.24, 2.45) is 5.92 Å². The van der Waals surface area contributed by atoms with Crippen LogP contribution in [0.15, 0.2) is 29.8 Å². The predicted molar refractivity (Wildman–Crippen MR) is 88.6 cm³/mol. The Labute approximate surface area is 137 Å². The zero-order valence-electron chi connectivity index (χ0n) is 12.6. The Morgan fingerprint density at radius 3 is 2.83 bits per heavy atom. The van der Waals surface area contributed by atoms with Crippen molar-refractivity contribution in [3.8, 4) is 11.3 Å². The van der Waals surface area contributed by atoms with Gasteiger partial charge in [0.25, 0.3) is 0 Å². The average Bonchev–Trinajstić information content (AvgIpc) is 2.89. The van der Waals surface area contributed by atoms with Gasteiger partial charge in [-0.1, -0.05) is 0 Å². The molecule has 0 unspecified atom stereocenters. The molecule has 0 aliphatic heterocycles. The molecule has 1 fully saturated rings. The molecule has 2 heterocycles. The van der Waals surface area contributed by atoms with Gasteiger partial charge in [-0.25, -0.2) is 4.79 Å². The summed E-state index contributed by atoms with van der Waals surface area (Å²) in [5, 5.41) is 16.5. The van der Waals surface area contributed by atoms with Crippen molar-refractivity contribution in [2.45, 2.75) is 25.8 Å². The maximum absolute atomic E-state index is 12.1. The van der Waals surface area contributed by atoms with Crippen molar-refractivity contribution in [1.29, 1.82) is 0 Å². The van der Waals surface area contributed by atoms with Gasteiger partial charge in [-0.15, -0.1) is 11.3 Å². The van der Waals surface area contributed by atoms with Crippen LogP contribution in [0.5, 0.6) is 0 Å². The lowest BCUT2D eigenvalue weighted by Gasteiger charge is -2.32. The number of carbonyl (C=O) groups excluding carboxylic acids is 1. The molecule has 1 saturated carbocycles. The summed E-state index contributed by atoms with van der Waals surface area (Å²) in [6.07, 6.45) is 2.65. The molecule has 0 spiro atoms. The lowest BCUT2D eigenvalue weighted by molar-refractivity contribution is -0.145. The fourth-order valence-electron chi connectivity index (χ4n) is 2.58. The smallest absolute Gasteiger partial charge is 0.319 e. The van der Waals surface area contributed by atoms with Gasteiger partial charge in [-0.05, 0) is 38.0 Å². The highest BCUT2D eigenvalue weighted by Gasteiger charge is 2.35. The number of nitrogens with one attached hydrogen (secondary N) is 2. The molecule has 7 heteroatoms. The van der Waals surface area contributed by atoms with Gasteiger partial charge in [0.1, 0.15) is 0 Å². The van der Waals surface area contributed by atoms with E-state index in [1.807, 2.05) is 18.4 Å². The Kier molecular flexibility index (Phi) is 4.29. The van der Waals surface area contributed by atoms with E-state index in [0.717, 1.165) is 11.3 Å². The van der Waals surface area contributed by atoms with Gasteiger partial charge >= 0.3 is 12.0 Å². The Hall–Kier alpha value is -2.41. The highest BCUT2D eigenvalue weighted by molar-refractivity contribution is 7.10. The second kappa shape index (κ2) is 6.37. The number of hydrogen-bond acceptors (Lipinski definition) is 4. The molecule has 3 rings (SSSR count). The molecule has 2 amide bonds. The van der Waals surface area contributed by atoms with Crippen LogP contribution >= 0.6 is 11.3 Å². The summed E-state index contributed by atoms with van der Waals surface area (Å²) in [7, 11) is 0. The van der Waals surface area contributed by atoms with Gasteiger partial charge < -0.3 is 15.7 Å².